The highest BCUT2D eigenvalue weighted by molar-refractivity contribution is 8.00. The van der Waals surface area contributed by atoms with Crippen LogP contribution in [0, 0.1) is 0 Å². The smallest absolute Gasteiger partial charge is 0.194 e. The number of hydrogen-bond acceptors (Lipinski definition) is 4. The predicted octanol–water partition coefficient (Wildman–Crippen LogP) is 3.06. The summed E-state index contributed by atoms with van der Waals surface area (Å²) in [5.41, 5.74) is 0.474. The summed E-state index contributed by atoms with van der Waals surface area (Å²) in [6, 6.07) is 7.45. The van der Waals surface area contributed by atoms with Crippen molar-refractivity contribution in [1.29, 1.82) is 0 Å². The van der Waals surface area contributed by atoms with Gasteiger partial charge in [-0.15, -0.1) is 11.8 Å². The van der Waals surface area contributed by atoms with E-state index in [0.717, 1.165) is 4.90 Å². The standard InChI is InChI=1S/C13H13ClN2O2S/c1-16-13(11(18-2)7-15-16)10(17)8-19-12-6-4-3-5-9(12)14/h3-7H,8H2,1-2H3. The zero-order valence-electron chi connectivity index (χ0n) is 10.6. The number of carbonyl (C=O) groups is 1. The Balaban J connectivity index is 2.10. The molecular weight excluding hydrogens is 284 g/mol. The Morgan fingerprint density at radius 3 is 2.89 bits per heavy atom. The molecule has 1 aromatic carbocycles. The molecule has 0 bridgehead atoms. The molecule has 0 atom stereocenters. The number of nitrogens with zero attached hydrogens (tertiary/aromatic N) is 2. The van der Waals surface area contributed by atoms with Crippen molar-refractivity contribution in [2.45, 2.75) is 4.90 Å². The van der Waals surface area contributed by atoms with Crippen LogP contribution < -0.4 is 4.74 Å². The van der Waals surface area contributed by atoms with Crippen LogP contribution in [0.1, 0.15) is 10.5 Å². The average molecular weight is 297 g/mol. The Bertz CT molecular complexity index is 598. The van der Waals surface area contributed by atoms with Gasteiger partial charge in [0.25, 0.3) is 0 Å². The highest BCUT2D eigenvalue weighted by atomic mass is 35.5. The third kappa shape index (κ3) is 3.11. The first-order chi connectivity index (χ1) is 9.13. The quantitative estimate of drug-likeness (QED) is 0.628. The molecule has 0 spiro atoms. The fraction of sp³-hybridized carbons (Fsp3) is 0.231. The minimum atomic E-state index is -0.0400. The topological polar surface area (TPSA) is 44.1 Å². The summed E-state index contributed by atoms with van der Waals surface area (Å²) in [6.45, 7) is 0. The van der Waals surface area contributed by atoms with Gasteiger partial charge in [-0.2, -0.15) is 5.10 Å². The van der Waals surface area contributed by atoms with E-state index in [4.69, 9.17) is 16.3 Å². The summed E-state index contributed by atoms with van der Waals surface area (Å²) in [7, 11) is 3.24. The zero-order valence-corrected chi connectivity index (χ0v) is 12.2. The molecule has 0 aliphatic rings. The fourth-order valence-electron chi connectivity index (χ4n) is 1.66. The van der Waals surface area contributed by atoms with Crippen LogP contribution in [0.25, 0.3) is 0 Å². The molecule has 6 heteroatoms. The summed E-state index contributed by atoms with van der Waals surface area (Å²) in [5, 5.41) is 4.67. The Labute approximate surface area is 120 Å². The van der Waals surface area contributed by atoms with Gasteiger partial charge in [-0.05, 0) is 12.1 Å². The van der Waals surface area contributed by atoms with Crippen LogP contribution in [0.2, 0.25) is 5.02 Å². The number of rotatable bonds is 5. The highest BCUT2D eigenvalue weighted by Crippen LogP contribution is 2.28. The summed E-state index contributed by atoms with van der Waals surface area (Å²) in [6.07, 6.45) is 1.54. The van der Waals surface area contributed by atoms with E-state index >= 15 is 0 Å². The van der Waals surface area contributed by atoms with Crippen LogP contribution in [0.4, 0.5) is 0 Å². The van der Waals surface area contributed by atoms with E-state index in [1.54, 1.807) is 13.1 Å². The van der Waals surface area contributed by atoms with Crippen LogP contribution in [0.5, 0.6) is 5.75 Å². The molecule has 2 aromatic rings. The number of ether oxygens (including phenoxy) is 1. The van der Waals surface area contributed by atoms with Crippen molar-refractivity contribution in [3.8, 4) is 5.75 Å². The van der Waals surface area contributed by atoms with Crippen molar-refractivity contribution >= 4 is 29.1 Å². The number of ketones is 1. The maximum Gasteiger partial charge on any atom is 0.194 e. The van der Waals surface area contributed by atoms with E-state index < -0.39 is 0 Å². The van der Waals surface area contributed by atoms with Crippen molar-refractivity contribution in [2.24, 2.45) is 7.05 Å². The Kier molecular flexibility index (Phi) is 4.50. The van der Waals surface area contributed by atoms with Gasteiger partial charge >= 0.3 is 0 Å². The van der Waals surface area contributed by atoms with Crippen LogP contribution in [0.15, 0.2) is 35.4 Å². The minimum absolute atomic E-state index is 0.0400. The number of carbonyl (C=O) groups excluding carboxylic acids is 1. The van der Waals surface area contributed by atoms with Crippen molar-refractivity contribution < 1.29 is 9.53 Å². The molecule has 0 fully saturated rings. The number of hydrogen-bond donors (Lipinski definition) is 0. The first-order valence-electron chi connectivity index (χ1n) is 5.60. The fourth-order valence-corrected chi connectivity index (χ4v) is 2.76. The van der Waals surface area contributed by atoms with Gasteiger partial charge in [-0.3, -0.25) is 9.48 Å². The monoisotopic (exact) mass is 296 g/mol. The lowest BCUT2D eigenvalue weighted by Gasteiger charge is -2.05. The van der Waals surface area contributed by atoms with E-state index in [9.17, 15) is 4.79 Å². The van der Waals surface area contributed by atoms with E-state index in [-0.39, 0.29) is 5.78 Å². The SMILES string of the molecule is COc1cnn(C)c1C(=O)CSc1ccccc1Cl. The molecule has 0 amide bonds. The highest BCUT2D eigenvalue weighted by Gasteiger charge is 2.18. The lowest BCUT2D eigenvalue weighted by atomic mass is 10.3. The zero-order chi connectivity index (χ0) is 13.8. The molecule has 0 aliphatic heterocycles. The van der Waals surface area contributed by atoms with Gasteiger partial charge in [-0.1, -0.05) is 23.7 Å². The first kappa shape index (κ1) is 14.0. The van der Waals surface area contributed by atoms with Crippen LogP contribution in [-0.4, -0.2) is 28.4 Å². The molecular formula is C13H13ClN2O2S. The molecule has 0 N–H and O–H groups in total. The number of thioether (sulfide) groups is 1. The second-order valence-electron chi connectivity index (χ2n) is 3.83. The van der Waals surface area contributed by atoms with Crippen molar-refractivity contribution in [2.75, 3.05) is 12.9 Å². The summed E-state index contributed by atoms with van der Waals surface area (Å²) in [5.74, 6) is 0.744. The van der Waals surface area contributed by atoms with E-state index in [1.807, 2.05) is 18.2 Å². The Morgan fingerprint density at radius 1 is 1.47 bits per heavy atom. The molecule has 1 heterocycles. The molecule has 19 heavy (non-hydrogen) atoms. The molecule has 100 valence electrons. The van der Waals surface area contributed by atoms with Crippen LogP contribution in [-0.2, 0) is 7.05 Å². The first-order valence-corrected chi connectivity index (χ1v) is 6.96. The van der Waals surface area contributed by atoms with Gasteiger partial charge in [0.05, 0.1) is 24.1 Å². The number of benzene rings is 1. The summed E-state index contributed by atoms with van der Waals surface area (Å²) >= 11 is 7.45. The third-order valence-electron chi connectivity index (χ3n) is 2.58. The molecule has 0 unspecified atom stereocenters. The second kappa shape index (κ2) is 6.12. The van der Waals surface area contributed by atoms with Gasteiger partial charge in [0.1, 0.15) is 5.69 Å². The van der Waals surface area contributed by atoms with Gasteiger partial charge in [-0.25, -0.2) is 0 Å². The average Bonchev–Trinajstić information content (AvgIpc) is 2.78. The number of aromatic nitrogens is 2. The second-order valence-corrected chi connectivity index (χ2v) is 5.25. The molecule has 0 saturated heterocycles. The number of aryl methyl sites for hydroxylation is 1. The number of methoxy groups -OCH3 is 1. The summed E-state index contributed by atoms with van der Waals surface area (Å²) < 4.78 is 6.65. The van der Waals surface area contributed by atoms with Crippen LogP contribution >= 0.6 is 23.4 Å². The van der Waals surface area contributed by atoms with E-state index in [0.29, 0.717) is 22.2 Å². The van der Waals surface area contributed by atoms with Gasteiger partial charge < -0.3 is 4.74 Å². The molecule has 4 nitrogen and oxygen atoms in total. The lowest BCUT2D eigenvalue weighted by molar-refractivity contribution is 0.101. The molecule has 0 saturated carbocycles. The third-order valence-corrected chi connectivity index (χ3v) is 4.10. The Hall–Kier alpha value is -1.46. The Morgan fingerprint density at radius 2 is 2.21 bits per heavy atom. The molecule has 0 radical (unpaired) electrons. The molecule has 2 rings (SSSR count). The van der Waals surface area contributed by atoms with Crippen molar-refractivity contribution in [3.05, 3.63) is 41.2 Å². The number of Topliss-reactive ketones (excluding diaryl/α,β-unsaturated/α-hetero) is 1. The maximum atomic E-state index is 12.2. The van der Waals surface area contributed by atoms with Gasteiger partial charge in [0, 0.05) is 11.9 Å². The van der Waals surface area contributed by atoms with Gasteiger partial charge in [0.15, 0.2) is 11.5 Å². The van der Waals surface area contributed by atoms with Crippen LogP contribution in [0.3, 0.4) is 0 Å². The largest absolute Gasteiger partial charge is 0.493 e. The number of halogens is 1. The normalized spacial score (nSPS) is 10.5. The molecule has 0 aliphatic carbocycles. The predicted molar refractivity (Wildman–Crippen MR) is 76.3 cm³/mol. The van der Waals surface area contributed by atoms with Crippen molar-refractivity contribution in [3.63, 3.8) is 0 Å². The van der Waals surface area contributed by atoms with Gasteiger partial charge in [0.2, 0.25) is 0 Å². The van der Waals surface area contributed by atoms with E-state index in [1.165, 1.54) is 29.8 Å². The van der Waals surface area contributed by atoms with E-state index in [2.05, 4.69) is 5.10 Å². The molecule has 1 aromatic heterocycles. The minimum Gasteiger partial charge on any atom is -0.493 e. The lowest BCUT2D eigenvalue weighted by Crippen LogP contribution is -2.10. The maximum absolute atomic E-state index is 12.2. The summed E-state index contributed by atoms with van der Waals surface area (Å²) in [4.78, 5) is 13.1. The van der Waals surface area contributed by atoms with Crippen molar-refractivity contribution in [1.82, 2.24) is 9.78 Å².